The molecule has 1 N–H and O–H groups in total. The number of fused-ring (bicyclic) bond motifs is 1. The first-order valence-corrected chi connectivity index (χ1v) is 12.8. The molecule has 0 atom stereocenters. The predicted octanol–water partition coefficient (Wildman–Crippen LogP) is 3.41. The molecule has 2 aromatic heterocycles. The van der Waals surface area contributed by atoms with E-state index in [1.165, 1.54) is 11.3 Å². The van der Waals surface area contributed by atoms with E-state index in [9.17, 15) is 4.79 Å². The van der Waals surface area contributed by atoms with Gasteiger partial charge in [-0.05, 0) is 37.7 Å². The van der Waals surface area contributed by atoms with Crippen LogP contribution in [0.2, 0.25) is 0 Å². The van der Waals surface area contributed by atoms with Gasteiger partial charge < -0.3 is 24.8 Å². The molecule has 0 spiro atoms. The minimum atomic E-state index is -0.0281. The van der Waals surface area contributed by atoms with Crippen molar-refractivity contribution in [1.82, 2.24) is 20.2 Å². The van der Waals surface area contributed by atoms with Crippen LogP contribution in [0.1, 0.15) is 29.1 Å². The van der Waals surface area contributed by atoms with Gasteiger partial charge in [-0.1, -0.05) is 26.0 Å². The number of methoxy groups -OCH3 is 1. The lowest BCUT2D eigenvalue weighted by atomic mass is 10.1. The van der Waals surface area contributed by atoms with Crippen LogP contribution in [0.4, 0.5) is 11.5 Å². The molecule has 0 saturated carbocycles. The maximum atomic E-state index is 12.9. The number of para-hydroxylation sites is 2. The Hall–Kier alpha value is -2.91. The van der Waals surface area contributed by atoms with Gasteiger partial charge in [-0.3, -0.25) is 4.79 Å². The molecule has 9 heteroatoms. The largest absolute Gasteiger partial charge is 0.495 e. The second kappa shape index (κ2) is 11.0. The van der Waals surface area contributed by atoms with E-state index < -0.39 is 0 Å². The van der Waals surface area contributed by atoms with Gasteiger partial charge in [-0.25, -0.2) is 9.97 Å². The van der Waals surface area contributed by atoms with E-state index in [1.54, 1.807) is 13.4 Å². The van der Waals surface area contributed by atoms with E-state index in [4.69, 9.17) is 4.74 Å². The molecule has 1 fully saturated rings. The van der Waals surface area contributed by atoms with Crippen LogP contribution in [-0.2, 0) is 0 Å². The van der Waals surface area contributed by atoms with Gasteiger partial charge in [0.1, 0.15) is 22.7 Å². The number of nitrogens with zero attached hydrogens (tertiary/aromatic N) is 5. The normalized spacial score (nSPS) is 14.1. The fraction of sp³-hybridized carbons (Fsp3) is 0.480. The first-order chi connectivity index (χ1) is 16.6. The van der Waals surface area contributed by atoms with Crippen LogP contribution in [0.25, 0.3) is 10.2 Å². The van der Waals surface area contributed by atoms with Crippen molar-refractivity contribution >= 4 is 39.0 Å². The maximum Gasteiger partial charge on any atom is 0.261 e. The van der Waals surface area contributed by atoms with E-state index in [0.29, 0.717) is 6.54 Å². The van der Waals surface area contributed by atoms with Crippen LogP contribution < -0.4 is 19.9 Å². The number of anilines is 2. The maximum absolute atomic E-state index is 12.9. The van der Waals surface area contributed by atoms with Gasteiger partial charge in [0, 0.05) is 39.3 Å². The molecule has 1 aliphatic rings. The number of carbonyl (C=O) groups excluding carboxylic acids is 1. The molecule has 1 aromatic carbocycles. The Morgan fingerprint density at radius 3 is 2.53 bits per heavy atom. The second-order valence-corrected chi connectivity index (χ2v) is 9.36. The van der Waals surface area contributed by atoms with Gasteiger partial charge in [-0.15, -0.1) is 11.3 Å². The number of benzene rings is 1. The van der Waals surface area contributed by atoms with Crippen molar-refractivity contribution in [2.45, 2.75) is 20.8 Å². The summed E-state index contributed by atoms with van der Waals surface area (Å²) in [4.78, 5) is 30.6. The average molecular weight is 483 g/mol. The molecule has 34 heavy (non-hydrogen) atoms. The number of amides is 1. The molecule has 0 unspecified atom stereocenters. The molecule has 0 bridgehead atoms. The van der Waals surface area contributed by atoms with E-state index in [0.717, 1.165) is 83.7 Å². The summed E-state index contributed by atoms with van der Waals surface area (Å²) in [6.45, 7) is 13.2. The smallest absolute Gasteiger partial charge is 0.261 e. The number of rotatable bonds is 9. The van der Waals surface area contributed by atoms with Crippen molar-refractivity contribution in [3.8, 4) is 5.75 Å². The number of aryl methyl sites for hydroxylation is 1. The highest BCUT2D eigenvalue weighted by molar-refractivity contribution is 7.20. The summed E-state index contributed by atoms with van der Waals surface area (Å²) in [6, 6.07) is 8.14. The summed E-state index contributed by atoms with van der Waals surface area (Å²) in [5, 5.41) is 4.08. The molecule has 1 aliphatic heterocycles. The zero-order valence-corrected chi connectivity index (χ0v) is 21.3. The van der Waals surface area contributed by atoms with Crippen molar-refractivity contribution in [1.29, 1.82) is 0 Å². The third-order valence-corrected chi connectivity index (χ3v) is 7.72. The summed E-state index contributed by atoms with van der Waals surface area (Å²) < 4.78 is 5.55. The number of nitrogens with one attached hydrogen (secondary N) is 1. The highest BCUT2D eigenvalue weighted by atomic mass is 32.1. The Kier molecular flexibility index (Phi) is 7.84. The highest BCUT2D eigenvalue weighted by Crippen LogP contribution is 2.36. The SMILES string of the molecule is CCN(CC)CCNC(=O)c1sc2ncnc(N3CCN(c4ccccc4OC)CC3)c2c1C. The Balaban J connectivity index is 1.49. The molecule has 3 aromatic rings. The first-order valence-electron chi connectivity index (χ1n) is 11.9. The standard InChI is InChI=1S/C25H34N6O2S/c1-5-29(6-2)12-11-26-24(32)22-18(3)21-23(27-17-28-25(21)34-22)31-15-13-30(14-16-31)19-9-7-8-10-20(19)33-4/h7-10,17H,5-6,11-16H2,1-4H3,(H,26,32). The monoisotopic (exact) mass is 482 g/mol. The van der Waals surface area contributed by atoms with Gasteiger partial charge in [0.15, 0.2) is 0 Å². The molecule has 1 saturated heterocycles. The lowest BCUT2D eigenvalue weighted by molar-refractivity contribution is 0.0952. The zero-order chi connectivity index (χ0) is 24.1. The topological polar surface area (TPSA) is 73.8 Å². The van der Waals surface area contributed by atoms with Gasteiger partial charge in [0.2, 0.25) is 0 Å². The van der Waals surface area contributed by atoms with E-state index in [-0.39, 0.29) is 5.91 Å². The molecule has 1 amide bonds. The Labute approximate surface area is 205 Å². The summed E-state index contributed by atoms with van der Waals surface area (Å²) in [6.07, 6.45) is 1.61. The van der Waals surface area contributed by atoms with Crippen LogP contribution in [0, 0.1) is 6.92 Å². The number of likely N-dealkylation sites (N-methyl/N-ethyl adjacent to an activating group) is 1. The number of piperazine rings is 1. The molecule has 0 radical (unpaired) electrons. The van der Waals surface area contributed by atoms with Crippen LogP contribution in [0.5, 0.6) is 5.75 Å². The number of hydrogen-bond donors (Lipinski definition) is 1. The Bertz CT molecular complexity index is 1120. The van der Waals surface area contributed by atoms with Crippen LogP contribution in [-0.4, -0.2) is 80.2 Å². The molecule has 182 valence electrons. The molecule has 4 rings (SSSR count). The number of thiophene rings is 1. The van der Waals surface area contributed by atoms with Crippen molar-refractivity contribution in [2.75, 3.05) is 69.3 Å². The second-order valence-electron chi connectivity index (χ2n) is 8.36. The van der Waals surface area contributed by atoms with Crippen LogP contribution in [0.15, 0.2) is 30.6 Å². The van der Waals surface area contributed by atoms with Crippen molar-refractivity contribution in [2.24, 2.45) is 0 Å². The predicted molar refractivity (Wildman–Crippen MR) is 140 cm³/mol. The number of carbonyl (C=O) groups is 1. The van der Waals surface area contributed by atoms with Crippen molar-refractivity contribution < 1.29 is 9.53 Å². The average Bonchev–Trinajstić information content (AvgIpc) is 3.23. The molecular formula is C25H34N6O2S. The Morgan fingerprint density at radius 2 is 1.82 bits per heavy atom. The summed E-state index contributed by atoms with van der Waals surface area (Å²) >= 11 is 1.45. The molecule has 8 nitrogen and oxygen atoms in total. The van der Waals surface area contributed by atoms with Crippen molar-refractivity contribution in [3.63, 3.8) is 0 Å². The summed E-state index contributed by atoms with van der Waals surface area (Å²) in [5.41, 5.74) is 2.08. The highest BCUT2D eigenvalue weighted by Gasteiger charge is 2.25. The minimum absolute atomic E-state index is 0.0281. The Morgan fingerprint density at radius 1 is 1.12 bits per heavy atom. The molecule has 0 aliphatic carbocycles. The lowest BCUT2D eigenvalue weighted by Gasteiger charge is -2.37. The van der Waals surface area contributed by atoms with Gasteiger partial charge in [0.25, 0.3) is 5.91 Å². The van der Waals surface area contributed by atoms with Crippen LogP contribution >= 0.6 is 11.3 Å². The molecular weight excluding hydrogens is 448 g/mol. The number of ether oxygens (including phenoxy) is 1. The van der Waals surface area contributed by atoms with Crippen molar-refractivity contribution in [3.05, 3.63) is 41.0 Å². The fourth-order valence-electron chi connectivity index (χ4n) is 4.51. The van der Waals surface area contributed by atoms with E-state index in [1.807, 2.05) is 25.1 Å². The lowest BCUT2D eigenvalue weighted by Crippen LogP contribution is -2.47. The zero-order valence-electron chi connectivity index (χ0n) is 20.5. The van der Waals surface area contributed by atoms with E-state index >= 15 is 0 Å². The number of hydrogen-bond acceptors (Lipinski definition) is 8. The fourth-order valence-corrected chi connectivity index (χ4v) is 5.57. The minimum Gasteiger partial charge on any atom is -0.495 e. The van der Waals surface area contributed by atoms with Gasteiger partial charge >= 0.3 is 0 Å². The van der Waals surface area contributed by atoms with Gasteiger partial charge in [0.05, 0.1) is 23.1 Å². The van der Waals surface area contributed by atoms with Crippen LogP contribution in [0.3, 0.4) is 0 Å². The quantitative estimate of drug-likeness (QED) is 0.501. The van der Waals surface area contributed by atoms with E-state index in [2.05, 4.69) is 49.9 Å². The third kappa shape index (κ3) is 4.95. The summed E-state index contributed by atoms with van der Waals surface area (Å²) in [7, 11) is 1.71. The third-order valence-electron chi connectivity index (χ3n) is 6.53. The first kappa shape index (κ1) is 24.2. The van der Waals surface area contributed by atoms with Gasteiger partial charge in [-0.2, -0.15) is 0 Å². The summed E-state index contributed by atoms with van der Waals surface area (Å²) in [5.74, 6) is 1.78. The molecule has 3 heterocycles. The number of aromatic nitrogens is 2.